The highest BCUT2D eigenvalue weighted by Gasteiger charge is 2.20. The molecule has 0 atom stereocenters. The number of hydrogen-bond donors (Lipinski definition) is 0. The maximum Gasteiger partial charge on any atom is 0.160 e. The first kappa shape index (κ1) is 30.6. The van der Waals surface area contributed by atoms with Crippen LogP contribution in [0.5, 0.6) is 0 Å². The molecule has 0 aliphatic carbocycles. The lowest BCUT2D eigenvalue weighted by atomic mass is 9.99. The van der Waals surface area contributed by atoms with E-state index in [0.717, 1.165) is 83.5 Å². The van der Waals surface area contributed by atoms with Gasteiger partial charge >= 0.3 is 0 Å². The summed E-state index contributed by atoms with van der Waals surface area (Å²) >= 11 is 0. The molecule has 0 radical (unpaired) electrons. The van der Waals surface area contributed by atoms with Crippen LogP contribution in [0.15, 0.2) is 188 Å². The Bertz CT molecular complexity index is 2880. The number of fused-ring (bicyclic) bond motifs is 6. The van der Waals surface area contributed by atoms with Crippen LogP contribution in [0.1, 0.15) is 0 Å². The van der Waals surface area contributed by atoms with E-state index in [9.17, 15) is 0 Å². The number of benzene rings is 7. The first-order valence-electron chi connectivity index (χ1n) is 17.7. The Hall–Kier alpha value is -7.24. The van der Waals surface area contributed by atoms with Gasteiger partial charge in [0, 0.05) is 51.1 Å². The van der Waals surface area contributed by atoms with Gasteiger partial charge < -0.3 is 0 Å². The molecule has 5 nitrogen and oxygen atoms in total. The molecule has 10 aromatic rings. The zero-order valence-electron chi connectivity index (χ0n) is 28.6. The highest BCUT2D eigenvalue weighted by Crippen LogP contribution is 2.39. The van der Waals surface area contributed by atoms with Gasteiger partial charge in [-0.3, -0.25) is 9.55 Å². The van der Waals surface area contributed by atoms with E-state index in [-0.39, 0.29) is 0 Å². The summed E-state index contributed by atoms with van der Waals surface area (Å²) in [5.74, 6) is 1.58. The molecule has 7 aromatic carbocycles. The Morgan fingerprint density at radius 2 is 0.943 bits per heavy atom. The average molecular weight is 678 g/mol. The van der Waals surface area contributed by atoms with Crippen LogP contribution in [0.3, 0.4) is 0 Å². The lowest BCUT2D eigenvalue weighted by Crippen LogP contribution is -1.99. The molecule has 0 fully saturated rings. The monoisotopic (exact) mass is 677 g/mol. The number of rotatable bonds is 6. The molecular formula is C48H31N5. The van der Waals surface area contributed by atoms with Crippen LogP contribution in [0.2, 0.25) is 0 Å². The molecular weight excluding hydrogens is 647 g/mol. The lowest BCUT2D eigenvalue weighted by molar-refractivity contribution is 1.11. The van der Waals surface area contributed by atoms with Gasteiger partial charge in [-0.1, -0.05) is 146 Å². The molecule has 3 heterocycles. The second-order valence-electron chi connectivity index (χ2n) is 13.1. The largest absolute Gasteiger partial charge is 0.292 e. The van der Waals surface area contributed by atoms with Crippen molar-refractivity contribution >= 4 is 32.6 Å². The van der Waals surface area contributed by atoms with E-state index in [0.29, 0.717) is 5.82 Å². The standard InChI is InChI=1S/C48H31N5/c1-4-14-32(15-5-1)43-30-44(51-47(50-43)33-16-6-2-7-17-33)37-22-12-20-35(28-37)36-21-13-23-38(29-36)53-46-41-25-11-10-24-39(41)40-26-27-49-31-42(40)45(46)52-48(53)34-18-8-3-9-19-34/h1-31H. The minimum atomic E-state index is 0.699. The molecule has 0 unspecified atom stereocenters. The van der Waals surface area contributed by atoms with Crippen LogP contribution in [-0.2, 0) is 0 Å². The smallest absolute Gasteiger partial charge is 0.160 e. The Morgan fingerprint density at radius 1 is 0.377 bits per heavy atom. The molecule has 10 rings (SSSR count). The molecule has 53 heavy (non-hydrogen) atoms. The summed E-state index contributed by atoms with van der Waals surface area (Å²) in [6.45, 7) is 0. The minimum Gasteiger partial charge on any atom is -0.292 e. The maximum atomic E-state index is 5.37. The van der Waals surface area contributed by atoms with Gasteiger partial charge in [-0.25, -0.2) is 15.0 Å². The van der Waals surface area contributed by atoms with Gasteiger partial charge in [-0.05, 0) is 52.2 Å². The van der Waals surface area contributed by atoms with Crippen molar-refractivity contribution in [3.05, 3.63) is 188 Å². The van der Waals surface area contributed by atoms with Gasteiger partial charge in [0.1, 0.15) is 5.82 Å². The normalized spacial score (nSPS) is 11.4. The predicted octanol–water partition coefficient (Wildman–Crippen LogP) is 11.9. The van der Waals surface area contributed by atoms with Crippen LogP contribution >= 0.6 is 0 Å². The minimum absolute atomic E-state index is 0.699. The number of imidazole rings is 1. The van der Waals surface area contributed by atoms with Crippen molar-refractivity contribution in [2.24, 2.45) is 0 Å². The maximum absolute atomic E-state index is 5.37. The summed E-state index contributed by atoms with van der Waals surface area (Å²) in [4.78, 5) is 20.0. The van der Waals surface area contributed by atoms with Gasteiger partial charge in [0.2, 0.25) is 0 Å². The van der Waals surface area contributed by atoms with E-state index >= 15 is 0 Å². The first-order chi connectivity index (χ1) is 26.3. The van der Waals surface area contributed by atoms with Crippen molar-refractivity contribution in [3.8, 4) is 62.1 Å². The van der Waals surface area contributed by atoms with Crippen molar-refractivity contribution < 1.29 is 0 Å². The van der Waals surface area contributed by atoms with Crippen LogP contribution in [-0.4, -0.2) is 24.5 Å². The predicted molar refractivity (Wildman–Crippen MR) is 217 cm³/mol. The van der Waals surface area contributed by atoms with E-state index in [1.807, 2.05) is 54.9 Å². The first-order valence-corrected chi connectivity index (χ1v) is 17.7. The van der Waals surface area contributed by atoms with Gasteiger partial charge in [-0.15, -0.1) is 0 Å². The summed E-state index contributed by atoms with van der Waals surface area (Å²) in [5, 5.41) is 4.51. The van der Waals surface area contributed by atoms with Gasteiger partial charge in [-0.2, -0.15) is 0 Å². The Balaban J connectivity index is 1.15. The quantitative estimate of drug-likeness (QED) is 0.164. The third-order valence-electron chi connectivity index (χ3n) is 9.88. The van der Waals surface area contributed by atoms with Crippen LogP contribution in [0.25, 0.3) is 94.7 Å². The highest BCUT2D eigenvalue weighted by atomic mass is 15.1. The Morgan fingerprint density at radius 3 is 1.70 bits per heavy atom. The topological polar surface area (TPSA) is 56.5 Å². The summed E-state index contributed by atoms with van der Waals surface area (Å²) in [7, 11) is 0. The summed E-state index contributed by atoms with van der Waals surface area (Å²) in [5.41, 5.74) is 11.1. The number of aromatic nitrogens is 5. The van der Waals surface area contributed by atoms with Crippen molar-refractivity contribution in [2.45, 2.75) is 0 Å². The SMILES string of the molecule is c1ccc(-c2cc(-c3cccc(-c4cccc(-n5c(-c6ccccc6)nc6c7cnccc7c7ccccc7c65)c4)c3)nc(-c3ccccc3)n2)cc1. The van der Waals surface area contributed by atoms with Crippen molar-refractivity contribution in [1.29, 1.82) is 0 Å². The highest BCUT2D eigenvalue weighted by molar-refractivity contribution is 6.24. The molecule has 0 amide bonds. The molecule has 0 bridgehead atoms. The van der Waals surface area contributed by atoms with Gasteiger partial charge in [0.05, 0.1) is 22.4 Å². The molecule has 0 saturated heterocycles. The van der Waals surface area contributed by atoms with Gasteiger partial charge in [0.25, 0.3) is 0 Å². The molecule has 0 spiro atoms. The zero-order valence-corrected chi connectivity index (χ0v) is 28.6. The fraction of sp³-hybridized carbons (Fsp3) is 0. The van der Waals surface area contributed by atoms with Crippen molar-refractivity contribution in [2.75, 3.05) is 0 Å². The molecule has 0 N–H and O–H groups in total. The molecule has 0 aliphatic rings. The molecule has 0 saturated carbocycles. The van der Waals surface area contributed by atoms with Crippen molar-refractivity contribution in [1.82, 2.24) is 24.5 Å². The van der Waals surface area contributed by atoms with E-state index < -0.39 is 0 Å². The summed E-state index contributed by atoms with van der Waals surface area (Å²) in [6.07, 6.45) is 3.80. The fourth-order valence-corrected chi connectivity index (χ4v) is 7.38. The third kappa shape index (κ3) is 5.43. The van der Waals surface area contributed by atoms with Gasteiger partial charge in [0.15, 0.2) is 5.82 Å². The fourth-order valence-electron chi connectivity index (χ4n) is 7.38. The summed E-state index contributed by atoms with van der Waals surface area (Å²) < 4.78 is 2.31. The average Bonchev–Trinajstić information content (AvgIpc) is 3.66. The molecule has 3 aromatic heterocycles. The van der Waals surface area contributed by atoms with Crippen LogP contribution in [0, 0.1) is 0 Å². The lowest BCUT2D eigenvalue weighted by Gasteiger charge is -2.14. The molecule has 5 heteroatoms. The van der Waals surface area contributed by atoms with Crippen LogP contribution < -0.4 is 0 Å². The summed E-state index contributed by atoms with van der Waals surface area (Å²) in [6, 6.07) is 61.1. The second kappa shape index (κ2) is 12.8. The number of hydrogen-bond acceptors (Lipinski definition) is 4. The second-order valence-corrected chi connectivity index (χ2v) is 13.1. The van der Waals surface area contributed by atoms with E-state index in [1.165, 1.54) is 5.39 Å². The Kier molecular flexibility index (Phi) is 7.40. The van der Waals surface area contributed by atoms with E-state index in [1.54, 1.807) is 0 Å². The van der Waals surface area contributed by atoms with E-state index in [2.05, 4.69) is 143 Å². The van der Waals surface area contributed by atoms with Crippen molar-refractivity contribution in [3.63, 3.8) is 0 Å². The zero-order chi connectivity index (χ0) is 35.1. The number of nitrogens with zero attached hydrogens (tertiary/aromatic N) is 5. The number of pyridine rings is 1. The Labute approximate surface area is 306 Å². The van der Waals surface area contributed by atoms with E-state index in [4.69, 9.17) is 15.0 Å². The third-order valence-corrected chi connectivity index (χ3v) is 9.88. The molecule has 0 aliphatic heterocycles. The molecule has 248 valence electrons. The van der Waals surface area contributed by atoms with Crippen LogP contribution in [0.4, 0.5) is 0 Å².